The van der Waals surface area contributed by atoms with Gasteiger partial charge in [-0.2, -0.15) is 10.4 Å². The molecule has 3 atom stereocenters. The lowest BCUT2D eigenvalue weighted by molar-refractivity contribution is -0.140. The molecule has 6 rings (SSSR count). The topological polar surface area (TPSA) is 326 Å². The van der Waals surface area contributed by atoms with Gasteiger partial charge in [-0.05, 0) is 148 Å². The predicted molar refractivity (Wildman–Crippen MR) is 330 cm³/mol. The van der Waals surface area contributed by atoms with E-state index in [-0.39, 0.29) is 102 Å². The summed E-state index contributed by atoms with van der Waals surface area (Å²) in [4.78, 5) is 102. The fourth-order valence-electron chi connectivity index (χ4n) is 10.9. The molecule has 3 saturated heterocycles. The molecule has 4 heterocycles. The third kappa shape index (κ3) is 25.4. The van der Waals surface area contributed by atoms with Gasteiger partial charge >= 0.3 is 17.9 Å². The van der Waals surface area contributed by atoms with Gasteiger partial charge in [-0.25, -0.2) is 8.78 Å². The molecule has 0 radical (unpaired) electrons. The summed E-state index contributed by atoms with van der Waals surface area (Å²) in [6.45, 7) is 1.81. The normalized spacial score (nSPS) is 18.4. The number of carbonyl (C=O) groups excluding carboxylic acids is 4. The summed E-state index contributed by atoms with van der Waals surface area (Å²) in [7, 11) is 0. The van der Waals surface area contributed by atoms with Gasteiger partial charge in [0.15, 0.2) is 0 Å². The van der Waals surface area contributed by atoms with Crippen LogP contribution < -0.4 is 26.1 Å². The molecule has 2 aromatic carbocycles. The highest BCUT2D eigenvalue weighted by atomic mass is 127. The Kier molecular flexibility index (Phi) is 29.3. The number of unbranched alkanes of at least 4 members (excludes halogenated alkanes) is 1. The van der Waals surface area contributed by atoms with Crippen LogP contribution in [0.1, 0.15) is 93.0 Å². The zero-order valence-electron chi connectivity index (χ0n) is 49.7. The number of hydrogen-bond donors (Lipinski definition) is 8. The highest BCUT2D eigenvalue weighted by molar-refractivity contribution is 14.1. The SMILES string of the molecule is N#C[C@H]1CC(F)(F)CN1C(=O)CNC(=O)c1ccnc2ccc(OCCCC3CCN(C(=O)CC/C=N\NC(CCCCNC(O)CCCc4ccc(I)cc4)NC(=O)CN4CCN(CC(=O)O)CCN(CC(=O)O)CCN(CC(=O)O)CC4)CC3)cc12. The van der Waals surface area contributed by atoms with Gasteiger partial charge in [0, 0.05) is 99.7 Å². The third-order valence-electron chi connectivity index (χ3n) is 15.8. The number of nitrogens with one attached hydrogen (secondary N) is 4. The van der Waals surface area contributed by atoms with Crippen molar-refractivity contribution in [3.8, 4) is 11.8 Å². The molecule has 482 valence electrons. The van der Waals surface area contributed by atoms with Crippen LogP contribution in [0.5, 0.6) is 5.75 Å². The van der Waals surface area contributed by atoms with E-state index in [4.69, 9.17) is 4.74 Å². The number of piperidine rings is 1. The van der Waals surface area contributed by atoms with Crippen molar-refractivity contribution in [2.45, 2.75) is 108 Å². The van der Waals surface area contributed by atoms with Gasteiger partial charge in [0.1, 0.15) is 24.2 Å². The second kappa shape index (κ2) is 36.7. The molecule has 3 aliphatic heterocycles. The second-order valence-corrected chi connectivity index (χ2v) is 23.9. The lowest BCUT2D eigenvalue weighted by Crippen LogP contribution is -2.51. The molecule has 4 amide bonds. The number of hydrogen-bond acceptors (Lipinski definition) is 18. The van der Waals surface area contributed by atoms with Crippen LogP contribution in [0.2, 0.25) is 0 Å². The number of rotatable bonds is 32. The van der Waals surface area contributed by atoms with Gasteiger partial charge in [-0.1, -0.05) is 12.1 Å². The smallest absolute Gasteiger partial charge is 0.317 e. The number of carbonyl (C=O) groups is 7. The molecular formula is C60H84F2IN13O12. The van der Waals surface area contributed by atoms with Crippen LogP contribution in [-0.4, -0.2) is 245 Å². The van der Waals surface area contributed by atoms with Crippen molar-refractivity contribution in [1.82, 2.24) is 55.8 Å². The Bertz CT molecular complexity index is 2810. The monoisotopic (exact) mass is 1340 g/mol. The van der Waals surface area contributed by atoms with Gasteiger partial charge < -0.3 is 45.6 Å². The molecule has 2 unspecified atom stereocenters. The average Bonchev–Trinajstić information content (AvgIpc) is 1.86. The maximum atomic E-state index is 13.9. The predicted octanol–water partition coefficient (Wildman–Crippen LogP) is 3.10. The molecule has 0 aliphatic carbocycles. The Morgan fingerprint density at radius 1 is 0.795 bits per heavy atom. The number of hydrazone groups is 1. The fourth-order valence-corrected chi connectivity index (χ4v) is 11.3. The molecule has 0 spiro atoms. The first kappa shape index (κ1) is 70.3. The van der Waals surface area contributed by atoms with E-state index in [1.54, 1.807) is 45.2 Å². The van der Waals surface area contributed by atoms with Crippen LogP contribution in [0.4, 0.5) is 8.78 Å². The first-order chi connectivity index (χ1) is 42.2. The second-order valence-electron chi connectivity index (χ2n) is 22.6. The molecular weight excluding hydrogens is 1260 g/mol. The number of carboxylic acid groups (broad SMARTS) is 3. The van der Waals surface area contributed by atoms with Crippen molar-refractivity contribution in [3.05, 3.63) is 69.4 Å². The summed E-state index contributed by atoms with van der Waals surface area (Å²) in [5.74, 6) is -7.17. The van der Waals surface area contributed by atoms with Crippen molar-refractivity contribution in [3.63, 3.8) is 0 Å². The van der Waals surface area contributed by atoms with Crippen molar-refractivity contribution in [2.75, 3.05) is 118 Å². The molecule has 3 fully saturated rings. The van der Waals surface area contributed by atoms with Gasteiger partial charge in [0.25, 0.3) is 11.8 Å². The number of carboxylic acids is 3. The number of benzene rings is 2. The number of ether oxygens (including phenoxy) is 1. The Hall–Kier alpha value is -6.75. The number of pyridine rings is 1. The molecule has 28 heteroatoms. The number of fused-ring (bicyclic) bond motifs is 1. The number of alkyl halides is 2. The van der Waals surface area contributed by atoms with E-state index in [2.05, 4.69) is 78.3 Å². The zero-order chi connectivity index (χ0) is 63.4. The number of aliphatic hydroxyl groups excluding tert-OH is 1. The number of likely N-dealkylation sites (tertiary alicyclic amines) is 2. The molecule has 1 aromatic heterocycles. The Labute approximate surface area is 525 Å². The van der Waals surface area contributed by atoms with E-state index < -0.39 is 73.6 Å². The first-order valence-corrected chi connectivity index (χ1v) is 31.2. The van der Waals surface area contributed by atoms with Crippen LogP contribution in [0.25, 0.3) is 10.9 Å². The van der Waals surface area contributed by atoms with Crippen molar-refractivity contribution < 1.29 is 67.5 Å². The van der Waals surface area contributed by atoms with Crippen LogP contribution in [0.15, 0.2) is 59.8 Å². The van der Waals surface area contributed by atoms with Crippen LogP contribution in [-0.2, 0) is 35.2 Å². The number of aliphatic hydroxyl groups is 1. The first-order valence-electron chi connectivity index (χ1n) is 30.1. The maximum absolute atomic E-state index is 13.9. The molecule has 25 nitrogen and oxygen atoms in total. The minimum absolute atomic E-state index is 0.00413. The van der Waals surface area contributed by atoms with Crippen LogP contribution in [0, 0.1) is 20.8 Å². The Morgan fingerprint density at radius 3 is 2.03 bits per heavy atom. The van der Waals surface area contributed by atoms with Crippen LogP contribution >= 0.6 is 22.6 Å². The average molecular weight is 1340 g/mol. The van der Waals surface area contributed by atoms with E-state index >= 15 is 0 Å². The molecule has 88 heavy (non-hydrogen) atoms. The molecule has 3 aromatic rings. The number of amides is 4. The fraction of sp³-hybridized carbons (Fsp3) is 0.600. The third-order valence-corrected chi connectivity index (χ3v) is 16.5. The number of aromatic nitrogens is 1. The minimum Gasteiger partial charge on any atom is -0.494 e. The van der Waals surface area contributed by atoms with E-state index in [0.29, 0.717) is 80.9 Å². The van der Waals surface area contributed by atoms with Crippen molar-refractivity contribution in [2.24, 2.45) is 11.0 Å². The summed E-state index contributed by atoms with van der Waals surface area (Å²) < 4.78 is 35.1. The Balaban J connectivity index is 0.949. The minimum atomic E-state index is -3.18. The van der Waals surface area contributed by atoms with E-state index in [1.807, 2.05) is 9.80 Å². The lowest BCUT2D eigenvalue weighted by Gasteiger charge is -2.33. The summed E-state index contributed by atoms with van der Waals surface area (Å²) >= 11 is 2.27. The van der Waals surface area contributed by atoms with Crippen molar-refractivity contribution >= 4 is 81.2 Å². The molecule has 3 aliphatic rings. The van der Waals surface area contributed by atoms with Gasteiger partial charge in [0.05, 0.1) is 63.0 Å². The maximum Gasteiger partial charge on any atom is 0.317 e. The standard InChI is InChI=1S/C60H84F2IN13O12/c61-60(62)35-46(36-64)76(42-60)55(80)37-67-59(87)48-17-22-65-50-16-15-47(34-49(48)50)88-33-5-7-44-18-23-75(24-19-44)54(79)10-4-21-68-70-51(8-1-2-20-66-52(77)9-3-6-43-11-13-45(63)14-12-43)69-53(78)38-71-25-27-72(39-56(81)82)29-31-74(41-58(85)86)32-30-73(28-26-71)40-57(83)84/h11-17,21-22,34,44,46,51-52,66,70,77H,1-10,18-20,23-33,35,37-42H2,(H,67,87)(H,69,78)(H,81,82)(H,83,84)(H,85,86)/b68-21-/t46-,51?,52?/m1/s1. The van der Waals surface area contributed by atoms with Crippen molar-refractivity contribution in [1.29, 1.82) is 5.26 Å². The summed E-state index contributed by atoms with van der Waals surface area (Å²) in [5, 5.41) is 62.3. The number of nitriles is 1. The van der Waals surface area contributed by atoms with Gasteiger partial charge in [-0.15, -0.1) is 0 Å². The van der Waals surface area contributed by atoms with E-state index in [9.17, 15) is 68.0 Å². The largest absolute Gasteiger partial charge is 0.494 e. The number of nitrogens with zero attached hydrogens (tertiary/aromatic N) is 9. The quantitative estimate of drug-likeness (QED) is 0.0146. The summed E-state index contributed by atoms with van der Waals surface area (Å²) in [5.41, 5.74) is 5.00. The summed E-state index contributed by atoms with van der Waals surface area (Å²) in [6.07, 6.45) is 8.94. The zero-order valence-corrected chi connectivity index (χ0v) is 51.9. The highest BCUT2D eigenvalue weighted by Gasteiger charge is 2.47. The van der Waals surface area contributed by atoms with Gasteiger partial charge in [0.2, 0.25) is 17.7 Å². The highest BCUT2D eigenvalue weighted by Crippen LogP contribution is 2.32. The van der Waals surface area contributed by atoms with E-state index in [0.717, 1.165) is 47.0 Å². The Morgan fingerprint density at radius 2 is 1.42 bits per heavy atom. The molecule has 0 bridgehead atoms. The van der Waals surface area contributed by atoms with Crippen LogP contribution in [0.3, 0.4) is 0 Å². The van der Waals surface area contributed by atoms with Gasteiger partial charge in [-0.3, -0.25) is 68.9 Å². The van der Waals surface area contributed by atoms with E-state index in [1.165, 1.54) is 17.8 Å². The summed E-state index contributed by atoms with van der Waals surface area (Å²) in [6, 6.07) is 15.4. The number of halogens is 3. The number of aliphatic carboxylic acids is 3. The lowest BCUT2D eigenvalue weighted by atomic mass is 9.92. The number of aryl methyl sites for hydroxylation is 1. The molecule has 0 saturated carbocycles. The molecule has 8 N–H and O–H groups in total.